The minimum Gasteiger partial charge on any atom is -0.368 e. The number of aryl methyl sites for hydroxylation is 1. The maximum atomic E-state index is 13.9. The minimum absolute atomic E-state index is 0.0658. The Bertz CT molecular complexity index is 1290. The van der Waals surface area contributed by atoms with Crippen LogP contribution in [0.2, 0.25) is 0 Å². The first-order chi connectivity index (χ1) is 18.1. The van der Waals surface area contributed by atoms with E-state index in [1.54, 1.807) is 12.1 Å². The molecule has 3 aromatic rings. The van der Waals surface area contributed by atoms with E-state index in [-0.39, 0.29) is 28.5 Å². The summed E-state index contributed by atoms with van der Waals surface area (Å²) in [7, 11) is 0. The van der Waals surface area contributed by atoms with Crippen LogP contribution in [0, 0.1) is 16.0 Å². The molecule has 1 amide bonds. The number of piperazine rings is 1. The molecule has 6 rings (SSSR count). The molecule has 1 saturated carbocycles. The van der Waals surface area contributed by atoms with Gasteiger partial charge in [-0.2, -0.15) is 0 Å². The lowest BCUT2D eigenvalue weighted by molar-refractivity contribution is -0.384. The van der Waals surface area contributed by atoms with Gasteiger partial charge in [0.05, 0.1) is 4.92 Å². The van der Waals surface area contributed by atoms with Crippen LogP contribution in [0.15, 0.2) is 48.7 Å². The van der Waals surface area contributed by atoms with Gasteiger partial charge < -0.3 is 14.8 Å². The first kappa shape index (κ1) is 24.0. The third kappa shape index (κ3) is 4.70. The summed E-state index contributed by atoms with van der Waals surface area (Å²) in [4.78, 5) is 35.2. The van der Waals surface area contributed by atoms with Crippen LogP contribution in [-0.2, 0) is 11.2 Å². The number of carbonyl (C=O) groups is 1. The number of nitro benzene ring substituents is 1. The lowest BCUT2D eigenvalue weighted by Crippen LogP contribution is -2.55. The minimum atomic E-state index is -0.340. The zero-order chi connectivity index (χ0) is 25.4. The van der Waals surface area contributed by atoms with Gasteiger partial charge in [0.25, 0.3) is 5.69 Å². The lowest BCUT2D eigenvalue weighted by atomic mass is 9.86. The van der Waals surface area contributed by atoms with E-state index in [1.807, 2.05) is 17.2 Å². The Kier molecular flexibility index (Phi) is 6.59. The first-order valence-electron chi connectivity index (χ1n) is 13.7. The number of anilines is 2. The first-order valence-corrected chi connectivity index (χ1v) is 13.7. The largest absolute Gasteiger partial charge is 0.368 e. The number of hydrogen-bond acceptors (Lipinski definition) is 5. The van der Waals surface area contributed by atoms with Crippen molar-refractivity contribution in [1.29, 1.82) is 0 Å². The van der Waals surface area contributed by atoms with Crippen molar-refractivity contribution in [2.75, 3.05) is 42.5 Å². The van der Waals surface area contributed by atoms with Crippen LogP contribution in [0.4, 0.5) is 17.1 Å². The number of H-pyrrole nitrogens is 1. The molecule has 1 aromatic heterocycles. The van der Waals surface area contributed by atoms with Crippen molar-refractivity contribution in [3.05, 3.63) is 64.3 Å². The van der Waals surface area contributed by atoms with Crippen LogP contribution in [0.25, 0.3) is 10.9 Å². The van der Waals surface area contributed by atoms with Gasteiger partial charge in [0.15, 0.2) is 0 Å². The number of aromatic amines is 1. The Morgan fingerprint density at radius 2 is 1.78 bits per heavy atom. The summed E-state index contributed by atoms with van der Waals surface area (Å²) in [6.07, 6.45) is 8.94. The predicted molar refractivity (Wildman–Crippen MR) is 146 cm³/mol. The van der Waals surface area contributed by atoms with Gasteiger partial charge in [-0.25, -0.2) is 0 Å². The Morgan fingerprint density at radius 1 is 0.973 bits per heavy atom. The van der Waals surface area contributed by atoms with Gasteiger partial charge in [-0.15, -0.1) is 0 Å². The molecule has 1 saturated heterocycles. The predicted octanol–water partition coefficient (Wildman–Crippen LogP) is 5.13. The highest BCUT2D eigenvalue weighted by Gasteiger charge is 2.37. The third-order valence-electron chi connectivity index (χ3n) is 8.59. The van der Waals surface area contributed by atoms with Crippen LogP contribution < -0.4 is 9.80 Å². The third-order valence-corrected chi connectivity index (χ3v) is 8.59. The lowest BCUT2D eigenvalue weighted by Gasteiger charge is -2.43. The fourth-order valence-corrected chi connectivity index (χ4v) is 6.60. The zero-order valence-electron chi connectivity index (χ0n) is 21.3. The van der Waals surface area contributed by atoms with Crippen LogP contribution in [0.3, 0.4) is 0 Å². The fourth-order valence-electron chi connectivity index (χ4n) is 6.60. The number of nitrogens with one attached hydrogen (secondary N) is 1. The number of fused-ring (bicyclic) bond motifs is 2. The molecule has 1 atom stereocenters. The van der Waals surface area contributed by atoms with Crippen LogP contribution in [0.5, 0.6) is 0 Å². The molecule has 1 aliphatic carbocycles. The van der Waals surface area contributed by atoms with E-state index < -0.39 is 0 Å². The second kappa shape index (κ2) is 10.2. The molecule has 2 aromatic carbocycles. The second-order valence-electron chi connectivity index (χ2n) is 10.8. The standard InChI is InChI=1S/C29H35N5O3/c35-29(21-5-2-1-3-6-21)33-24(10-9-22-19-23(34(36)37)11-12-27(22)33)20-31-15-17-32(18-16-31)28-8-4-7-26-25(28)13-14-30-26/h4,7-8,11-14,19,21,24,30H,1-3,5-6,9-10,15-18,20H2. The van der Waals surface area contributed by atoms with Crippen molar-refractivity contribution in [2.45, 2.75) is 51.0 Å². The quantitative estimate of drug-likeness (QED) is 0.387. The molecule has 8 heteroatoms. The number of amides is 1. The second-order valence-corrected chi connectivity index (χ2v) is 10.8. The molecule has 37 heavy (non-hydrogen) atoms. The van der Waals surface area contributed by atoms with Gasteiger partial charge in [-0.3, -0.25) is 19.8 Å². The molecule has 8 nitrogen and oxygen atoms in total. The molecule has 2 fully saturated rings. The van der Waals surface area contributed by atoms with E-state index in [9.17, 15) is 14.9 Å². The van der Waals surface area contributed by atoms with Crippen molar-refractivity contribution < 1.29 is 9.72 Å². The van der Waals surface area contributed by atoms with Crippen molar-refractivity contribution >= 4 is 33.9 Å². The van der Waals surface area contributed by atoms with Crippen molar-refractivity contribution in [1.82, 2.24) is 9.88 Å². The zero-order valence-corrected chi connectivity index (χ0v) is 21.3. The van der Waals surface area contributed by atoms with Gasteiger partial charge >= 0.3 is 0 Å². The Labute approximate surface area is 217 Å². The molecule has 1 N–H and O–H groups in total. The number of benzene rings is 2. The van der Waals surface area contributed by atoms with Crippen molar-refractivity contribution in [3.63, 3.8) is 0 Å². The highest BCUT2D eigenvalue weighted by atomic mass is 16.6. The summed E-state index contributed by atoms with van der Waals surface area (Å²) in [5.41, 5.74) is 4.36. The number of hydrogen-bond donors (Lipinski definition) is 1. The van der Waals surface area contributed by atoms with E-state index >= 15 is 0 Å². The number of rotatable bonds is 5. The summed E-state index contributed by atoms with van der Waals surface area (Å²) < 4.78 is 0. The molecular weight excluding hydrogens is 466 g/mol. The number of non-ortho nitro benzene ring substituents is 1. The van der Waals surface area contributed by atoms with Crippen LogP contribution in [-0.4, -0.2) is 59.5 Å². The highest BCUT2D eigenvalue weighted by molar-refractivity contribution is 5.97. The summed E-state index contributed by atoms with van der Waals surface area (Å²) in [5.74, 6) is 0.286. The molecule has 2 aliphatic heterocycles. The van der Waals surface area contributed by atoms with E-state index in [4.69, 9.17) is 0 Å². The van der Waals surface area contributed by atoms with Crippen LogP contribution >= 0.6 is 0 Å². The maximum absolute atomic E-state index is 13.9. The highest BCUT2D eigenvalue weighted by Crippen LogP contribution is 2.37. The molecule has 0 bridgehead atoms. The van der Waals surface area contributed by atoms with Crippen molar-refractivity contribution in [2.24, 2.45) is 5.92 Å². The number of nitro groups is 1. The number of nitrogens with zero attached hydrogens (tertiary/aromatic N) is 4. The summed E-state index contributed by atoms with van der Waals surface area (Å²) in [5, 5.41) is 12.6. The Balaban J connectivity index is 1.19. The van der Waals surface area contributed by atoms with Gasteiger partial charge in [0.2, 0.25) is 5.91 Å². The topological polar surface area (TPSA) is 85.7 Å². The molecular formula is C29H35N5O3. The molecule has 194 valence electrons. The number of carbonyl (C=O) groups excluding carboxylic acids is 1. The summed E-state index contributed by atoms with van der Waals surface area (Å²) in [6, 6.07) is 13.7. The molecule has 0 radical (unpaired) electrons. The Hall–Kier alpha value is -3.39. The van der Waals surface area contributed by atoms with Gasteiger partial charge in [0.1, 0.15) is 0 Å². The van der Waals surface area contributed by atoms with Gasteiger partial charge in [0, 0.05) is 85.3 Å². The average Bonchev–Trinajstić information content (AvgIpc) is 3.42. The van der Waals surface area contributed by atoms with Gasteiger partial charge in [-0.05, 0) is 55.5 Å². The average molecular weight is 502 g/mol. The van der Waals surface area contributed by atoms with E-state index in [0.717, 1.165) is 88.0 Å². The van der Waals surface area contributed by atoms with E-state index in [1.165, 1.54) is 17.5 Å². The molecule has 0 spiro atoms. The molecule has 3 aliphatic rings. The van der Waals surface area contributed by atoms with Crippen LogP contribution in [0.1, 0.15) is 44.1 Å². The maximum Gasteiger partial charge on any atom is 0.269 e. The molecule has 3 heterocycles. The molecule has 1 unspecified atom stereocenters. The number of aromatic nitrogens is 1. The van der Waals surface area contributed by atoms with Crippen molar-refractivity contribution in [3.8, 4) is 0 Å². The summed E-state index contributed by atoms with van der Waals surface area (Å²) >= 11 is 0. The SMILES string of the molecule is O=C(C1CCCCC1)N1c2ccc([N+](=O)[O-])cc2CCC1CN1CCN(c2cccc3[nH]ccc23)CC1. The summed E-state index contributed by atoms with van der Waals surface area (Å²) in [6.45, 7) is 4.66. The normalized spacial score (nSPS) is 21.2. The van der Waals surface area contributed by atoms with E-state index in [2.05, 4.69) is 39.0 Å². The van der Waals surface area contributed by atoms with E-state index in [0.29, 0.717) is 0 Å². The smallest absolute Gasteiger partial charge is 0.269 e. The fraction of sp³-hybridized carbons (Fsp3) is 0.483. The Morgan fingerprint density at radius 3 is 2.57 bits per heavy atom. The van der Waals surface area contributed by atoms with Gasteiger partial charge in [-0.1, -0.05) is 25.3 Å². The monoisotopic (exact) mass is 501 g/mol.